The summed E-state index contributed by atoms with van der Waals surface area (Å²) in [6.07, 6.45) is 11.4. The summed E-state index contributed by atoms with van der Waals surface area (Å²) in [6, 6.07) is 16.1. The number of hydrogen-bond donors (Lipinski definition) is 1. The van der Waals surface area contributed by atoms with E-state index in [1.165, 1.54) is 79.3 Å². The summed E-state index contributed by atoms with van der Waals surface area (Å²) in [6.45, 7) is 6.82. The van der Waals surface area contributed by atoms with Crippen molar-refractivity contribution in [2.75, 3.05) is 5.32 Å². The van der Waals surface area contributed by atoms with Gasteiger partial charge in [-0.1, -0.05) is 70.4 Å². The first-order valence-corrected chi connectivity index (χ1v) is 10.7. The minimum Gasteiger partial charge on any atom is -0.379 e. The molecule has 2 aromatic carbocycles. The second kappa shape index (κ2) is 8.75. The van der Waals surface area contributed by atoms with Gasteiger partial charge in [0.05, 0.1) is 0 Å². The molecule has 1 fully saturated rings. The molecule has 1 aliphatic rings. The zero-order chi connectivity index (χ0) is 18.4. The minimum absolute atomic E-state index is 0.390. The average molecular weight is 350 g/mol. The topological polar surface area (TPSA) is 12.0 Å². The molecule has 0 aliphatic heterocycles. The van der Waals surface area contributed by atoms with Crippen LogP contribution in [0.25, 0.3) is 11.1 Å². The molecule has 1 aliphatic carbocycles. The van der Waals surface area contributed by atoms with Crippen molar-refractivity contribution in [3.05, 3.63) is 53.6 Å². The molecule has 1 N–H and O–H groups in total. The van der Waals surface area contributed by atoms with Gasteiger partial charge in [0, 0.05) is 11.2 Å². The lowest BCUT2D eigenvalue weighted by Crippen LogP contribution is -2.21. The van der Waals surface area contributed by atoms with Crippen molar-refractivity contribution in [3.8, 4) is 11.1 Å². The third-order valence-corrected chi connectivity index (χ3v) is 5.83. The molecule has 1 saturated carbocycles. The monoisotopic (exact) mass is 349 g/mol. The van der Waals surface area contributed by atoms with Gasteiger partial charge in [-0.2, -0.15) is 0 Å². The van der Waals surface area contributed by atoms with E-state index in [-0.39, 0.29) is 0 Å². The van der Waals surface area contributed by atoms with Gasteiger partial charge in [-0.3, -0.25) is 0 Å². The quantitative estimate of drug-likeness (QED) is 0.471. The van der Waals surface area contributed by atoms with Gasteiger partial charge in [0.1, 0.15) is 0 Å². The lowest BCUT2D eigenvalue weighted by atomic mass is 9.97. The Hall–Kier alpha value is -1.76. The summed E-state index contributed by atoms with van der Waals surface area (Å²) < 4.78 is 0. The summed E-state index contributed by atoms with van der Waals surface area (Å²) in [7, 11) is 0. The fraction of sp³-hybridized carbons (Fsp3) is 0.520. The Balaban J connectivity index is 1.78. The van der Waals surface area contributed by atoms with Gasteiger partial charge in [0.15, 0.2) is 0 Å². The van der Waals surface area contributed by atoms with Crippen LogP contribution >= 0.6 is 0 Å². The predicted octanol–water partition coefficient (Wildman–Crippen LogP) is 7.39. The van der Waals surface area contributed by atoms with Gasteiger partial charge in [-0.15, -0.1) is 0 Å². The maximum absolute atomic E-state index is 3.90. The Bertz CT molecular complexity index is 712. The van der Waals surface area contributed by atoms with E-state index in [1.54, 1.807) is 0 Å². The van der Waals surface area contributed by atoms with Crippen molar-refractivity contribution < 1.29 is 0 Å². The predicted molar refractivity (Wildman–Crippen MR) is 115 cm³/mol. The first-order valence-electron chi connectivity index (χ1n) is 10.7. The third kappa shape index (κ3) is 4.69. The second-order valence-corrected chi connectivity index (χ2v) is 8.04. The molecular weight excluding hydrogens is 314 g/mol. The first kappa shape index (κ1) is 19.0. The van der Waals surface area contributed by atoms with Crippen molar-refractivity contribution in [1.29, 1.82) is 0 Å². The maximum atomic E-state index is 3.90. The van der Waals surface area contributed by atoms with Crippen LogP contribution in [0.5, 0.6) is 0 Å². The maximum Gasteiger partial charge on any atom is 0.0377 e. The average Bonchev–Trinajstić information content (AvgIpc) is 3.45. The molecule has 0 saturated heterocycles. The number of aryl methyl sites for hydroxylation is 2. The Labute approximate surface area is 160 Å². The fourth-order valence-corrected chi connectivity index (χ4v) is 3.86. The van der Waals surface area contributed by atoms with E-state index in [1.807, 2.05) is 0 Å². The lowest BCUT2D eigenvalue weighted by Gasteiger charge is -2.21. The van der Waals surface area contributed by atoms with Crippen LogP contribution in [0, 0.1) is 0 Å². The highest BCUT2D eigenvalue weighted by molar-refractivity contribution is 5.69. The standard InChI is InChI=1S/C25H35N/c1-4-7-10-20-11-9-12-22(18-20)23-13-14-24(21(6-3)19-23)26-25(16-17-25)15-8-5-2/h9,11-14,18-19,26H,4-8,10,15-17H2,1-3H3. The van der Waals surface area contributed by atoms with Crippen molar-refractivity contribution in [1.82, 2.24) is 0 Å². The van der Waals surface area contributed by atoms with Crippen LogP contribution in [0.4, 0.5) is 5.69 Å². The van der Waals surface area contributed by atoms with Crippen LogP contribution in [0.2, 0.25) is 0 Å². The largest absolute Gasteiger partial charge is 0.379 e. The van der Waals surface area contributed by atoms with Gasteiger partial charge in [-0.25, -0.2) is 0 Å². The van der Waals surface area contributed by atoms with E-state index < -0.39 is 0 Å². The van der Waals surface area contributed by atoms with Crippen LogP contribution in [0.1, 0.15) is 76.8 Å². The number of nitrogens with one attached hydrogen (secondary N) is 1. The van der Waals surface area contributed by atoms with Gasteiger partial charge < -0.3 is 5.32 Å². The van der Waals surface area contributed by atoms with Crippen LogP contribution < -0.4 is 5.32 Å². The van der Waals surface area contributed by atoms with Gasteiger partial charge >= 0.3 is 0 Å². The van der Waals surface area contributed by atoms with Crippen LogP contribution in [-0.2, 0) is 12.8 Å². The minimum atomic E-state index is 0.390. The van der Waals surface area contributed by atoms with E-state index in [0.29, 0.717) is 5.54 Å². The molecule has 1 heteroatoms. The van der Waals surface area contributed by atoms with Crippen molar-refractivity contribution in [2.45, 2.75) is 84.1 Å². The Morgan fingerprint density at radius 3 is 2.35 bits per heavy atom. The molecular formula is C25H35N. The summed E-state index contributed by atoms with van der Waals surface area (Å²) in [5.74, 6) is 0. The van der Waals surface area contributed by atoms with E-state index in [0.717, 1.165) is 6.42 Å². The SMILES string of the molecule is CCCCc1cccc(-c2ccc(NC3(CCCC)CC3)c(CC)c2)c1. The molecule has 26 heavy (non-hydrogen) atoms. The Kier molecular flexibility index (Phi) is 6.40. The molecule has 140 valence electrons. The van der Waals surface area contributed by atoms with Gasteiger partial charge in [0.25, 0.3) is 0 Å². The van der Waals surface area contributed by atoms with Crippen LogP contribution in [-0.4, -0.2) is 5.54 Å². The first-order chi connectivity index (χ1) is 12.7. The zero-order valence-corrected chi connectivity index (χ0v) is 16.9. The molecule has 3 rings (SSSR count). The zero-order valence-electron chi connectivity index (χ0n) is 16.9. The van der Waals surface area contributed by atoms with E-state index in [9.17, 15) is 0 Å². The number of rotatable bonds is 10. The second-order valence-electron chi connectivity index (χ2n) is 8.04. The summed E-state index contributed by atoms with van der Waals surface area (Å²) in [5, 5.41) is 3.90. The summed E-state index contributed by atoms with van der Waals surface area (Å²) in [5.41, 5.74) is 7.36. The molecule has 2 aromatic rings. The van der Waals surface area contributed by atoms with Crippen molar-refractivity contribution in [2.24, 2.45) is 0 Å². The highest BCUT2D eigenvalue weighted by Crippen LogP contribution is 2.44. The molecule has 0 aromatic heterocycles. The number of anilines is 1. The molecule has 0 amide bonds. The Morgan fingerprint density at radius 2 is 1.65 bits per heavy atom. The third-order valence-electron chi connectivity index (χ3n) is 5.83. The van der Waals surface area contributed by atoms with E-state index in [2.05, 4.69) is 68.6 Å². The Morgan fingerprint density at radius 1 is 0.885 bits per heavy atom. The van der Waals surface area contributed by atoms with Crippen molar-refractivity contribution in [3.63, 3.8) is 0 Å². The van der Waals surface area contributed by atoms with E-state index >= 15 is 0 Å². The molecule has 0 atom stereocenters. The molecule has 1 nitrogen and oxygen atoms in total. The molecule has 0 unspecified atom stereocenters. The van der Waals surface area contributed by atoms with E-state index in [4.69, 9.17) is 0 Å². The highest BCUT2D eigenvalue weighted by Gasteiger charge is 2.41. The number of unbranched alkanes of at least 4 members (excludes halogenated alkanes) is 2. The molecule has 0 radical (unpaired) electrons. The molecule has 0 heterocycles. The lowest BCUT2D eigenvalue weighted by molar-refractivity contribution is 0.602. The van der Waals surface area contributed by atoms with Crippen LogP contribution in [0.3, 0.4) is 0 Å². The number of benzene rings is 2. The normalized spacial score (nSPS) is 15.0. The fourth-order valence-electron chi connectivity index (χ4n) is 3.86. The summed E-state index contributed by atoms with van der Waals surface area (Å²) in [4.78, 5) is 0. The van der Waals surface area contributed by atoms with Crippen molar-refractivity contribution >= 4 is 5.69 Å². The molecule has 0 spiro atoms. The van der Waals surface area contributed by atoms with Gasteiger partial charge in [0.2, 0.25) is 0 Å². The van der Waals surface area contributed by atoms with Crippen LogP contribution in [0.15, 0.2) is 42.5 Å². The molecule has 0 bridgehead atoms. The summed E-state index contributed by atoms with van der Waals surface area (Å²) >= 11 is 0. The highest BCUT2D eigenvalue weighted by atomic mass is 15.0. The number of hydrogen-bond acceptors (Lipinski definition) is 1. The smallest absolute Gasteiger partial charge is 0.0377 e. The van der Waals surface area contributed by atoms with Gasteiger partial charge in [-0.05, 0) is 72.9 Å².